The third kappa shape index (κ3) is 6.41. The number of methoxy groups -OCH3 is 1. The Hall–Kier alpha value is -1.34. The fraction of sp³-hybridized carbons (Fsp3) is 0.818. The molecule has 0 bridgehead atoms. The number of ether oxygens (including phenoxy) is 2. The van der Waals surface area contributed by atoms with Gasteiger partial charge in [-0.25, -0.2) is 9.86 Å². The first kappa shape index (κ1) is 16.7. The van der Waals surface area contributed by atoms with E-state index in [1.807, 2.05) is 20.8 Å². The Bertz CT molecular complexity index is 288. The molecule has 0 rings (SSSR count). The first-order valence-electron chi connectivity index (χ1n) is 5.50. The van der Waals surface area contributed by atoms with Gasteiger partial charge in [-0.1, -0.05) is 0 Å². The molecule has 2 amide bonds. The van der Waals surface area contributed by atoms with E-state index in [1.165, 1.54) is 21.3 Å². The monoisotopic (exact) mass is 262 g/mol. The number of rotatable bonds is 5. The predicted octanol–water partition coefficient (Wildman–Crippen LogP) is 0.546. The largest absolute Gasteiger partial charge is 0.434 e. The summed E-state index contributed by atoms with van der Waals surface area (Å²) in [6.45, 7) is 5.39. The second kappa shape index (κ2) is 7.17. The van der Waals surface area contributed by atoms with E-state index in [4.69, 9.17) is 14.3 Å². The molecule has 0 spiro atoms. The molecule has 0 radical (unpaired) electrons. The Morgan fingerprint density at radius 1 is 1.28 bits per heavy atom. The van der Waals surface area contributed by atoms with Crippen LogP contribution in [0.15, 0.2) is 0 Å². The molecule has 0 heterocycles. The van der Waals surface area contributed by atoms with Gasteiger partial charge >= 0.3 is 6.09 Å². The number of nitrogens with zero attached hydrogens (tertiary/aromatic N) is 1. The molecule has 0 fully saturated rings. The Labute approximate surface area is 107 Å². The topological polar surface area (TPSA) is 77.1 Å². The fourth-order valence-electron chi connectivity index (χ4n) is 1.06. The Kier molecular flexibility index (Phi) is 6.64. The molecule has 0 saturated carbocycles. The number of alkyl carbamates (subject to hydrolysis) is 1. The molecule has 0 unspecified atom stereocenters. The first-order chi connectivity index (χ1) is 8.21. The van der Waals surface area contributed by atoms with Crippen LogP contribution in [0.1, 0.15) is 20.8 Å². The van der Waals surface area contributed by atoms with E-state index in [0.717, 1.165) is 5.06 Å². The SMILES string of the molecule is COC[C@@H](OC(=O)NC(C)(C)C)C(=O)N(C)OC. The zero-order valence-electron chi connectivity index (χ0n) is 11.8. The number of amides is 2. The summed E-state index contributed by atoms with van der Waals surface area (Å²) >= 11 is 0. The number of carbonyl (C=O) groups is 2. The lowest BCUT2D eigenvalue weighted by Crippen LogP contribution is -2.47. The van der Waals surface area contributed by atoms with Crippen LogP contribution in [0.25, 0.3) is 0 Å². The number of likely N-dealkylation sites (N-methyl/N-ethyl adjacent to an activating group) is 1. The highest BCUT2D eigenvalue weighted by molar-refractivity contribution is 5.82. The molecule has 0 aliphatic carbocycles. The van der Waals surface area contributed by atoms with Crippen LogP contribution >= 0.6 is 0 Å². The summed E-state index contributed by atoms with van der Waals surface area (Å²) in [6, 6.07) is 0. The highest BCUT2D eigenvalue weighted by Gasteiger charge is 2.27. The molecule has 106 valence electrons. The summed E-state index contributed by atoms with van der Waals surface area (Å²) in [7, 11) is 4.19. The number of hydrogen-bond acceptors (Lipinski definition) is 5. The van der Waals surface area contributed by atoms with Gasteiger partial charge in [0.05, 0.1) is 13.7 Å². The van der Waals surface area contributed by atoms with E-state index in [9.17, 15) is 9.59 Å². The smallest absolute Gasteiger partial charge is 0.408 e. The van der Waals surface area contributed by atoms with Crippen molar-refractivity contribution >= 4 is 12.0 Å². The van der Waals surface area contributed by atoms with Crippen LogP contribution in [0.2, 0.25) is 0 Å². The zero-order valence-corrected chi connectivity index (χ0v) is 11.8. The molecule has 0 saturated heterocycles. The summed E-state index contributed by atoms with van der Waals surface area (Å²) in [4.78, 5) is 28.1. The van der Waals surface area contributed by atoms with Crippen molar-refractivity contribution in [1.29, 1.82) is 0 Å². The summed E-state index contributed by atoms with van der Waals surface area (Å²) in [5, 5.41) is 3.57. The third-order valence-electron chi connectivity index (χ3n) is 1.90. The van der Waals surface area contributed by atoms with Gasteiger partial charge in [0.15, 0.2) is 0 Å². The minimum Gasteiger partial charge on any atom is -0.434 e. The van der Waals surface area contributed by atoms with Gasteiger partial charge in [0.2, 0.25) is 6.10 Å². The van der Waals surface area contributed by atoms with Crippen molar-refractivity contribution in [3.05, 3.63) is 0 Å². The number of hydroxylamine groups is 2. The zero-order chi connectivity index (χ0) is 14.3. The minimum atomic E-state index is -1.04. The number of carbonyl (C=O) groups excluding carboxylic acids is 2. The van der Waals surface area contributed by atoms with Crippen molar-refractivity contribution in [1.82, 2.24) is 10.4 Å². The molecule has 0 aromatic heterocycles. The third-order valence-corrected chi connectivity index (χ3v) is 1.90. The van der Waals surface area contributed by atoms with Gasteiger partial charge in [0.1, 0.15) is 0 Å². The molecule has 1 atom stereocenters. The summed E-state index contributed by atoms with van der Waals surface area (Å²) in [6.07, 6.45) is -1.72. The highest BCUT2D eigenvalue weighted by atomic mass is 16.7. The van der Waals surface area contributed by atoms with Crippen molar-refractivity contribution in [3.63, 3.8) is 0 Å². The predicted molar refractivity (Wildman–Crippen MR) is 64.8 cm³/mol. The summed E-state index contributed by atoms with van der Waals surface area (Å²) in [5.74, 6) is -0.497. The molecule has 7 heteroatoms. The second-order valence-electron chi connectivity index (χ2n) is 4.74. The van der Waals surface area contributed by atoms with E-state index in [2.05, 4.69) is 5.32 Å². The van der Waals surface area contributed by atoms with Crippen LogP contribution < -0.4 is 5.32 Å². The van der Waals surface area contributed by atoms with E-state index in [-0.39, 0.29) is 6.61 Å². The van der Waals surface area contributed by atoms with E-state index in [1.54, 1.807) is 0 Å². The molecule has 1 N–H and O–H groups in total. The van der Waals surface area contributed by atoms with Crippen molar-refractivity contribution in [2.75, 3.05) is 27.9 Å². The maximum absolute atomic E-state index is 11.8. The average molecular weight is 262 g/mol. The highest BCUT2D eigenvalue weighted by Crippen LogP contribution is 2.04. The van der Waals surface area contributed by atoms with Crippen molar-refractivity contribution < 1.29 is 23.9 Å². The molecule has 0 aliphatic heterocycles. The molecule has 0 aliphatic rings. The van der Waals surface area contributed by atoms with Crippen LogP contribution in [0.5, 0.6) is 0 Å². The summed E-state index contributed by atoms with van der Waals surface area (Å²) in [5.41, 5.74) is -0.440. The number of hydrogen-bond donors (Lipinski definition) is 1. The molecular formula is C11H22N2O5. The van der Waals surface area contributed by atoms with E-state index in [0.29, 0.717) is 0 Å². The lowest BCUT2D eigenvalue weighted by molar-refractivity contribution is -0.180. The molecule has 0 aromatic carbocycles. The standard InChI is InChI=1S/C11H22N2O5/c1-11(2,3)12-10(15)18-8(7-16-5)9(14)13(4)17-6/h8H,7H2,1-6H3,(H,12,15)/t8-/m1/s1. The second-order valence-corrected chi connectivity index (χ2v) is 4.74. The van der Waals surface area contributed by atoms with Crippen LogP contribution in [0.4, 0.5) is 4.79 Å². The van der Waals surface area contributed by atoms with Gasteiger partial charge in [0.25, 0.3) is 5.91 Å². The van der Waals surface area contributed by atoms with Crippen LogP contribution in [-0.2, 0) is 19.1 Å². The maximum Gasteiger partial charge on any atom is 0.408 e. The first-order valence-corrected chi connectivity index (χ1v) is 5.50. The lowest BCUT2D eigenvalue weighted by Gasteiger charge is -2.24. The van der Waals surface area contributed by atoms with Crippen LogP contribution in [0, 0.1) is 0 Å². The molecule has 0 aromatic rings. The lowest BCUT2D eigenvalue weighted by atomic mass is 10.1. The van der Waals surface area contributed by atoms with Gasteiger partial charge in [-0.2, -0.15) is 0 Å². The quantitative estimate of drug-likeness (QED) is 0.732. The van der Waals surface area contributed by atoms with Crippen LogP contribution in [0.3, 0.4) is 0 Å². The van der Waals surface area contributed by atoms with Crippen LogP contribution in [-0.4, -0.2) is 56.6 Å². The molecule has 18 heavy (non-hydrogen) atoms. The normalized spacial score (nSPS) is 12.8. The van der Waals surface area contributed by atoms with Gasteiger partial charge < -0.3 is 14.8 Å². The number of nitrogens with one attached hydrogen (secondary N) is 1. The Morgan fingerprint density at radius 2 is 1.83 bits per heavy atom. The molecular weight excluding hydrogens is 240 g/mol. The summed E-state index contributed by atoms with van der Waals surface area (Å²) < 4.78 is 9.85. The van der Waals surface area contributed by atoms with Gasteiger partial charge in [0, 0.05) is 19.7 Å². The van der Waals surface area contributed by atoms with Crippen molar-refractivity contribution in [2.45, 2.75) is 32.4 Å². The maximum atomic E-state index is 11.8. The minimum absolute atomic E-state index is 0.0376. The van der Waals surface area contributed by atoms with Gasteiger partial charge in [-0.3, -0.25) is 9.63 Å². The average Bonchev–Trinajstić information content (AvgIpc) is 2.23. The van der Waals surface area contributed by atoms with E-state index >= 15 is 0 Å². The van der Waals surface area contributed by atoms with Crippen molar-refractivity contribution in [2.24, 2.45) is 0 Å². The Morgan fingerprint density at radius 3 is 2.22 bits per heavy atom. The Balaban J connectivity index is 4.53. The van der Waals surface area contributed by atoms with Gasteiger partial charge in [-0.15, -0.1) is 0 Å². The fourth-order valence-corrected chi connectivity index (χ4v) is 1.06. The van der Waals surface area contributed by atoms with Crippen molar-refractivity contribution in [3.8, 4) is 0 Å². The molecule has 7 nitrogen and oxygen atoms in total. The van der Waals surface area contributed by atoms with Gasteiger partial charge in [-0.05, 0) is 20.8 Å². The van der Waals surface area contributed by atoms with E-state index < -0.39 is 23.6 Å².